The molecule has 2 amide bonds. The number of hydrogen-bond donors (Lipinski definition) is 2. The van der Waals surface area contributed by atoms with Crippen molar-refractivity contribution in [1.82, 2.24) is 25.3 Å². The zero-order chi connectivity index (χ0) is 20.1. The lowest BCUT2D eigenvalue weighted by molar-refractivity contribution is 0.178. The van der Waals surface area contributed by atoms with Crippen molar-refractivity contribution >= 4 is 6.03 Å². The zero-order valence-corrected chi connectivity index (χ0v) is 17.4. The maximum Gasteiger partial charge on any atom is 0.317 e. The van der Waals surface area contributed by atoms with Crippen molar-refractivity contribution in [3.8, 4) is 0 Å². The molecule has 0 bridgehead atoms. The number of carbonyl (C=O) groups is 1. The summed E-state index contributed by atoms with van der Waals surface area (Å²) >= 11 is 0. The Bertz CT molecular complexity index is 782. The minimum Gasteiger partial charge on any atom is -0.334 e. The van der Waals surface area contributed by atoms with Gasteiger partial charge in [0.2, 0.25) is 0 Å². The molecule has 0 radical (unpaired) electrons. The summed E-state index contributed by atoms with van der Waals surface area (Å²) in [5, 5.41) is 10.2. The largest absolute Gasteiger partial charge is 0.334 e. The molecule has 2 saturated heterocycles. The first-order valence-corrected chi connectivity index (χ1v) is 11.0. The monoisotopic (exact) mass is 395 g/mol. The normalized spacial score (nSPS) is 21.3. The Morgan fingerprint density at radius 1 is 1.17 bits per heavy atom. The van der Waals surface area contributed by atoms with E-state index in [-0.39, 0.29) is 6.03 Å². The minimum absolute atomic E-state index is 0.0321. The zero-order valence-electron chi connectivity index (χ0n) is 17.4. The SMILES string of the molecule is CC1CCN(Cc2cccc(CNC(=O)N3CCCC(c4ccn[nH]4)C3)c2)CC1. The van der Waals surface area contributed by atoms with E-state index in [4.69, 9.17) is 0 Å². The molecule has 2 aromatic rings. The van der Waals surface area contributed by atoms with Gasteiger partial charge in [-0.25, -0.2) is 4.79 Å². The summed E-state index contributed by atoms with van der Waals surface area (Å²) in [5.41, 5.74) is 3.63. The van der Waals surface area contributed by atoms with E-state index in [1.54, 1.807) is 6.20 Å². The number of urea groups is 1. The molecule has 2 aliphatic rings. The molecule has 1 aromatic heterocycles. The van der Waals surface area contributed by atoms with Gasteiger partial charge < -0.3 is 10.2 Å². The summed E-state index contributed by atoms with van der Waals surface area (Å²) in [7, 11) is 0. The van der Waals surface area contributed by atoms with Gasteiger partial charge in [-0.3, -0.25) is 10.00 Å². The average molecular weight is 396 g/mol. The molecule has 1 aromatic carbocycles. The first kappa shape index (κ1) is 20.0. The number of H-pyrrole nitrogens is 1. The van der Waals surface area contributed by atoms with Crippen molar-refractivity contribution in [2.75, 3.05) is 26.2 Å². The number of rotatable bonds is 5. The molecule has 29 heavy (non-hydrogen) atoms. The van der Waals surface area contributed by atoms with E-state index >= 15 is 0 Å². The number of nitrogens with one attached hydrogen (secondary N) is 2. The second kappa shape index (κ2) is 9.44. The number of piperidine rings is 2. The molecule has 1 atom stereocenters. The molecule has 6 heteroatoms. The number of nitrogens with zero attached hydrogens (tertiary/aromatic N) is 3. The fourth-order valence-electron chi connectivity index (χ4n) is 4.52. The summed E-state index contributed by atoms with van der Waals surface area (Å²) in [5.74, 6) is 1.21. The highest BCUT2D eigenvalue weighted by Crippen LogP contribution is 2.25. The molecule has 0 aliphatic carbocycles. The smallest absolute Gasteiger partial charge is 0.317 e. The first-order chi connectivity index (χ1) is 14.2. The molecule has 156 valence electrons. The molecule has 0 spiro atoms. The van der Waals surface area contributed by atoms with Gasteiger partial charge in [0.05, 0.1) is 0 Å². The van der Waals surface area contributed by atoms with Gasteiger partial charge in [0.25, 0.3) is 0 Å². The number of benzene rings is 1. The van der Waals surface area contributed by atoms with Crippen LogP contribution in [-0.4, -0.2) is 52.2 Å². The van der Waals surface area contributed by atoms with E-state index < -0.39 is 0 Å². The van der Waals surface area contributed by atoms with Gasteiger partial charge in [-0.1, -0.05) is 31.2 Å². The van der Waals surface area contributed by atoms with Gasteiger partial charge in [0, 0.05) is 44.0 Å². The Hall–Kier alpha value is -2.34. The fraction of sp³-hybridized carbons (Fsp3) is 0.565. The Balaban J connectivity index is 1.28. The molecule has 0 saturated carbocycles. The molecule has 4 rings (SSSR count). The van der Waals surface area contributed by atoms with E-state index in [1.807, 2.05) is 11.0 Å². The van der Waals surface area contributed by atoms with Crippen LogP contribution in [0.3, 0.4) is 0 Å². The van der Waals surface area contributed by atoms with Crippen LogP contribution in [0.1, 0.15) is 55.3 Å². The van der Waals surface area contributed by atoms with E-state index in [1.165, 1.54) is 37.1 Å². The Kier molecular flexibility index (Phi) is 6.49. The number of hydrogen-bond acceptors (Lipinski definition) is 3. The molecule has 2 fully saturated rings. The van der Waals surface area contributed by atoms with Crippen LogP contribution in [0.25, 0.3) is 0 Å². The highest BCUT2D eigenvalue weighted by molar-refractivity contribution is 5.74. The van der Waals surface area contributed by atoms with Crippen molar-refractivity contribution in [3.05, 3.63) is 53.3 Å². The molecular formula is C23H33N5O. The predicted octanol–water partition coefficient (Wildman–Crippen LogP) is 3.73. The van der Waals surface area contributed by atoms with Gasteiger partial charge in [0.1, 0.15) is 0 Å². The summed E-state index contributed by atoms with van der Waals surface area (Å²) in [6.45, 7) is 7.89. The van der Waals surface area contributed by atoms with E-state index in [2.05, 4.69) is 51.6 Å². The molecule has 2 aliphatic heterocycles. The highest BCUT2D eigenvalue weighted by atomic mass is 16.2. The van der Waals surface area contributed by atoms with Crippen LogP contribution in [0.4, 0.5) is 4.79 Å². The maximum absolute atomic E-state index is 12.7. The van der Waals surface area contributed by atoms with Crippen molar-refractivity contribution in [3.63, 3.8) is 0 Å². The van der Waals surface area contributed by atoms with Gasteiger partial charge in [-0.2, -0.15) is 5.10 Å². The quantitative estimate of drug-likeness (QED) is 0.811. The number of likely N-dealkylation sites (tertiary alicyclic amines) is 2. The van der Waals surface area contributed by atoms with E-state index in [9.17, 15) is 4.79 Å². The van der Waals surface area contributed by atoms with Crippen LogP contribution in [0.15, 0.2) is 36.5 Å². The molecule has 3 heterocycles. The Morgan fingerprint density at radius 2 is 2.00 bits per heavy atom. The van der Waals surface area contributed by atoms with Gasteiger partial charge >= 0.3 is 6.03 Å². The Morgan fingerprint density at radius 3 is 2.79 bits per heavy atom. The second-order valence-electron chi connectivity index (χ2n) is 8.73. The third-order valence-electron chi connectivity index (χ3n) is 6.39. The van der Waals surface area contributed by atoms with Crippen molar-refractivity contribution in [2.24, 2.45) is 5.92 Å². The molecule has 2 N–H and O–H groups in total. The third kappa shape index (κ3) is 5.38. The summed E-state index contributed by atoms with van der Waals surface area (Å²) in [6, 6.07) is 10.7. The van der Waals surface area contributed by atoms with E-state index in [0.29, 0.717) is 12.5 Å². The second-order valence-corrected chi connectivity index (χ2v) is 8.73. The number of aromatic nitrogens is 2. The summed E-state index contributed by atoms with van der Waals surface area (Å²) < 4.78 is 0. The number of aromatic amines is 1. The van der Waals surface area contributed by atoms with Gasteiger partial charge in [-0.05, 0) is 61.9 Å². The van der Waals surface area contributed by atoms with Crippen molar-refractivity contribution < 1.29 is 4.79 Å². The standard InChI is InChI=1S/C23H33N5O/c1-18-8-12-27(13-9-18)16-20-5-2-4-19(14-20)15-24-23(29)28-11-3-6-21(17-28)22-7-10-25-26-22/h2,4-5,7,10,14,18,21H,3,6,8-9,11-13,15-17H2,1H3,(H,24,29)(H,25,26). The minimum atomic E-state index is 0.0321. The van der Waals surface area contributed by atoms with E-state index in [0.717, 1.165) is 44.1 Å². The first-order valence-electron chi connectivity index (χ1n) is 11.0. The number of amides is 2. The molecule has 1 unspecified atom stereocenters. The van der Waals surface area contributed by atoms with Crippen LogP contribution in [0.2, 0.25) is 0 Å². The summed E-state index contributed by atoms with van der Waals surface area (Å²) in [4.78, 5) is 17.2. The van der Waals surface area contributed by atoms with Crippen molar-refractivity contribution in [2.45, 2.75) is 51.6 Å². The lowest BCUT2D eigenvalue weighted by Crippen LogP contribution is -2.44. The van der Waals surface area contributed by atoms with Crippen LogP contribution < -0.4 is 5.32 Å². The van der Waals surface area contributed by atoms with Crippen LogP contribution in [0.5, 0.6) is 0 Å². The lowest BCUT2D eigenvalue weighted by Gasteiger charge is -2.32. The fourth-order valence-corrected chi connectivity index (χ4v) is 4.52. The number of carbonyl (C=O) groups excluding carboxylic acids is 1. The predicted molar refractivity (Wildman–Crippen MR) is 114 cm³/mol. The lowest BCUT2D eigenvalue weighted by atomic mass is 9.95. The molecule has 6 nitrogen and oxygen atoms in total. The highest BCUT2D eigenvalue weighted by Gasteiger charge is 2.25. The maximum atomic E-state index is 12.7. The van der Waals surface area contributed by atoms with Crippen LogP contribution >= 0.6 is 0 Å². The molecular weight excluding hydrogens is 362 g/mol. The Labute approximate surface area is 173 Å². The summed E-state index contributed by atoms with van der Waals surface area (Å²) in [6.07, 6.45) is 6.51. The third-order valence-corrected chi connectivity index (χ3v) is 6.39. The van der Waals surface area contributed by atoms with Crippen molar-refractivity contribution in [1.29, 1.82) is 0 Å². The average Bonchev–Trinajstić information content (AvgIpc) is 3.29. The van der Waals surface area contributed by atoms with Gasteiger partial charge in [-0.15, -0.1) is 0 Å². The van der Waals surface area contributed by atoms with Crippen LogP contribution in [-0.2, 0) is 13.1 Å². The van der Waals surface area contributed by atoms with Gasteiger partial charge in [0.15, 0.2) is 0 Å². The van der Waals surface area contributed by atoms with Crippen LogP contribution in [0, 0.1) is 5.92 Å². The topological polar surface area (TPSA) is 64.3 Å².